The van der Waals surface area contributed by atoms with Gasteiger partial charge in [-0.25, -0.2) is 0 Å². The molecule has 1 aliphatic rings. The number of nitro groups is 1. The first-order valence-electron chi connectivity index (χ1n) is 9.70. The molecule has 1 aromatic heterocycles. The van der Waals surface area contributed by atoms with Gasteiger partial charge in [0.1, 0.15) is 11.8 Å². The van der Waals surface area contributed by atoms with Crippen molar-refractivity contribution in [2.45, 2.75) is 31.0 Å². The standard InChI is InChI=1S/C23H21N3O4/c27-19-10-8-18(9-11-19)22-23(26(29)30)20(17-6-2-1-3-7-17)13-21(28)25(22)15-16-5-4-12-24-14-16/h1-12,14,20,22-23,27H,13,15H2. The molecule has 152 valence electrons. The molecule has 0 spiro atoms. The smallest absolute Gasteiger partial charge is 0.244 e. The van der Waals surface area contributed by atoms with E-state index in [4.69, 9.17) is 0 Å². The number of aromatic nitrogens is 1. The Kier molecular flexibility index (Phi) is 5.43. The van der Waals surface area contributed by atoms with Crippen LogP contribution in [0.1, 0.15) is 35.1 Å². The lowest BCUT2D eigenvalue weighted by Crippen LogP contribution is -2.51. The van der Waals surface area contributed by atoms with E-state index in [9.17, 15) is 20.0 Å². The minimum Gasteiger partial charge on any atom is -0.508 e. The van der Waals surface area contributed by atoms with Gasteiger partial charge in [-0.15, -0.1) is 0 Å². The highest BCUT2D eigenvalue weighted by atomic mass is 16.6. The number of carbonyl (C=O) groups is 1. The van der Waals surface area contributed by atoms with Crippen LogP contribution in [0.2, 0.25) is 0 Å². The number of rotatable bonds is 5. The lowest BCUT2D eigenvalue weighted by molar-refractivity contribution is -0.537. The summed E-state index contributed by atoms with van der Waals surface area (Å²) in [4.78, 5) is 30.9. The maximum Gasteiger partial charge on any atom is 0.244 e. The van der Waals surface area contributed by atoms with Crippen molar-refractivity contribution in [2.75, 3.05) is 0 Å². The first kappa shape index (κ1) is 19.6. The first-order valence-corrected chi connectivity index (χ1v) is 9.70. The molecule has 0 bridgehead atoms. The van der Waals surface area contributed by atoms with E-state index in [1.807, 2.05) is 36.4 Å². The van der Waals surface area contributed by atoms with Gasteiger partial charge in [0, 0.05) is 30.3 Å². The lowest BCUT2D eigenvalue weighted by Gasteiger charge is -2.41. The highest BCUT2D eigenvalue weighted by molar-refractivity contribution is 5.79. The molecular weight excluding hydrogens is 382 g/mol. The molecule has 7 heteroatoms. The summed E-state index contributed by atoms with van der Waals surface area (Å²) in [5.74, 6) is -0.626. The van der Waals surface area contributed by atoms with Crippen LogP contribution < -0.4 is 0 Å². The summed E-state index contributed by atoms with van der Waals surface area (Å²) < 4.78 is 0. The highest BCUT2D eigenvalue weighted by Gasteiger charge is 2.50. The zero-order valence-electron chi connectivity index (χ0n) is 16.2. The van der Waals surface area contributed by atoms with Gasteiger partial charge in [-0.05, 0) is 34.9 Å². The highest BCUT2D eigenvalue weighted by Crippen LogP contribution is 2.42. The molecule has 0 radical (unpaired) electrons. The van der Waals surface area contributed by atoms with Crippen molar-refractivity contribution < 1.29 is 14.8 Å². The van der Waals surface area contributed by atoms with E-state index < -0.39 is 18.0 Å². The summed E-state index contributed by atoms with van der Waals surface area (Å²) in [6.07, 6.45) is 3.36. The van der Waals surface area contributed by atoms with Crippen LogP contribution in [-0.2, 0) is 11.3 Å². The molecule has 1 saturated heterocycles. The predicted molar refractivity (Wildman–Crippen MR) is 110 cm³/mol. The van der Waals surface area contributed by atoms with Gasteiger partial charge in [-0.3, -0.25) is 19.9 Å². The summed E-state index contributed by atoms with van der Waals surface area (Å²) in [5, 5.41) is 22.0. The summed E-state index contributed by atoms with van der Waals surface area (Å²) in [7, 11) is 0. The molecule has 0 aliphatic carbocycles. The maximum atomic E-state index is 13.2. The molecule has 0 saturated carbocycles. The molecule has 1 N–H and O–H groups in total. The number of carbonyl (C=O) groups excluding carboxylic acids is 1. The molecule has 3 atom stereocenters. The number of hydrogen-bond donors (Lipinski definition) is 1. The molecule has 3 unspecified atom stereocenters. The topological polar surface area (TPSA) is 96.6 Å². The molecule has 2 aromatic carbocycles. The minimum atomic E-state index is -1.02. The molecular formula is C23H21N3O4. The van der Waals surface area contributed by atoms with Crippen molar-refractivity contribution in [3.8, 4) is 5.75 Å². The Morgan fingerprint density at radius 3 is 2.40 bits per heavy atom. The Hall–Kier alpha value is -3.74. The zero-order valence-corrected chi connectivity index (χ0v) is 16.2. The number of piperidine rings is 1. The third-order valence-electron chi connectivity index (χ3n) is 5.57. The Morgan fingerprint density at radius 1 is 1.03 bits per heavy atom. The van der Waals surface area contributed by atoms with E-state index in [2.05, 4.69) is 4.98 Å². The zero-order chi connectivity index (χ0) is 21.1. The second-order valence-corrected chi connectivity index (χ2v) is 7.42. The van der Waals surface area contributed by atoms with Gasteiger partial charge in [0.15, 0.2) is 0 Å². The van der Waals surface area contributed by atoms with Crippen LogP contribution in [0.15, 0.2) is 79.1 Å². The molecule has 4 rings (SSSR count). The minimum absolute atomic E-state index is 0.0600. The first-order chi connectivity index (χ1) is 14.5. The monoisotopic (exact) mass is 403 g/mol. The van der Waals surface area contributed by atoms with Gasteiger partial charge in [-0.1, -0.05) is 48.5 Å². The molecule has 1 fully saturated rings. The van der Waals surface area contributed by atoms with Crippen LogP contribution in [0.5, 0.6) is 5.75 Å². The fraction of sp³-hybridized carbons (Fsp3) is 0.217. The summed E-state index contributed by atoms with van der Waals surface area (Å²) in [6.45, 7) is 0.226. The number of phenolic OH excluding ortho intramolecular Hbond substituents is 1. The molecule has 1 amide bonds. The van der Waals surface area contributed by atoms with E-state index in [0.29, 0.717) is 5.56 Å². The fourth-order valence-electron chi connectivity index (χ4n) is 4.19. The Bertz CT molecular complexity index is 1030. The van der Waals surface area contributed by atoms with Crippen LogP contribution in [0.4, 0.5) is 0 Å². The quantitative estimate of drug-likeness (QED) is 0.518. The van der Waals surface area contributed by atoms with E-state index in [1.165, 1.54) is 12.1 Å². The van der Waals surface area contributed by atoms with Crippen molar-refractivity contribution in [3.63, 3.8) is 0 Å². The Balaban J connectivity index is 1.81. The van der Waals surface area contributed by atoms with Crippen molar-refractivity contribution in [3.05, 3.63) is 106 Å². The fourth-order valence-corrected chi connectivity index (χ4v) is 4.19. The van der Waals surface area contributed by atoms with Crippen LogP contribution in [0.25, 0.3) is 0 Å². The Labute approximate surface area is 173 Å². The number of hydrogen-bond acceptors (Lipinski definition) is 5. The van der Waals surface area contributed by atoms with Crippen molar-refractivity contribution in [1.29, 1.82) is 0 Å². The molecule has 30 heavy (non-hydrogen) atoms. The van der Waals surface area contributed by atoms with E-state index in [-0.39, 0.29) is 29.5 Å². The largest absolute Gasteiger partial charge is 0.508 e. The molecule has 3 aromatic rings. The number of amides is 1. The lowest BCUT2D eigenvalue weighted by atomic mass is 9.78. The molecule has 1 aliphatic heterocycles. The number of benzene rings is 2. The molecule has 7 nitrogen and oxygen atoms in total. The maximum absolute atomic E-state index is 13.2. The second-order valence-electron chi connectivity index (χ2n) is 7.42. The average molecular weight is 403 g/mol. The van der Waals surface area contributed by atoms with Gasteiger partial charge in [-0.2, -0.15) is 0 Å². The van der Waals surface area contributed by atoms with E-state index in [0.717, 1.165) is 11.1 Å². The number of nitrogens with zero attached hydrogens (tertiary/aromatic N) is 3. The summed E-state index contributed by atoms with van der Waals surface area (Å²) in [6, 6.07) is 17.3. The van der Waals surface area contributed by atoms with Crippen LogP contribution in [0, 0.1) is 10.1 Å². The van der Waals surface area contributed by atoms with E-state index in [1.54, 1.807) is 35.5 Å². The number of pyridine rings is 1. The van der Waals surface area contributed by atoms with Crippen molar-refractivity contribution in [2.24, 2.45) is 0 Å². The van der Waals surface area contributed by atoms with Gasteiger partial charge in [0.2, 0.25) is 11.9 Å². The van der Waals surface area contributed by atoms with Gasteiger partial charge < -0.3 is 10.0 Å². The van der Waals surface area contributed by atoms with Crippen LogP contribution in [-0.4, -0.2) is 31.9 Å². The summed E-state index contributed by atoms with van der Waals surface area (Å²) >= 11 is 0. The van der Waals surface area contributed by atoms with Gasteiger partial charge in [0.25, 0.3) is 0 Å². The number of likely N-dealkylation sites (tertiary alicyclic amines) is 1. The van der Waals surface area contributed by atoms with Crippen LogP contribution >= 0.6 is 0 Å². The van der Waals surface area contributed by atoms with Gasteiger partial charge in [0.05, 0.1) is 5.92 Å². The third kappa shape index (κ3) is 3.87. The Morgan fingerprint density at radius 2 is 1.77 bits per heavy atom. The predicted octanol–water partition coefficient (Wildman–Crippen LogP) is 3.69. The molecule has 2 heterocycles. The number of phenols is 1. The average Bonchev–Trinajstić information content (AvgIpc) is 2.76. The normalized spacial score (nSPS) is 21.4. The van der Waals surface area contributed by atoms with Gasteiger partial charge >= 0.3 is 0 Å². The SMILES string of the molecule is O=C1CC(c2ccccc2)C([N+](=O)[O-])C(c2ccc(O)cc2)N1Cc1cccnc1. The third-order valence-corrected chi connectivity index (χ3v) is 5.57. The van der Waals surface area contributed by atoms with E-state index >= 15 is 0 Å². The second kappa shape index (κ2) is 8.32. The van der Waals surface area contributed by atoms with Crippen LogP contribution in [0.3, 0.4) is 0 Å². The number of aromatic hydroxyl groups is 1. The van der Waals surface area contributed by atoms with Crippen molar-refractivity contribution >= 4 is 5.91 Å². The summed E-state index contributed by atoms with van der Waals surface area (Å²) in [5.41, 5.74) is 2.19. The van der Waals surface area contributed by atoms with Crippen molar-refractivity contribution in [1.82, 2.24) is 9.88 Å².